The Bertz CT molecular complexity index is 904. The van der Waals surface area contributed by atoms with Crippen molar-refractivity contribution in [1.29, 1.82) is 0 Å². The summed E-state index contributed by atoms with van der Waals surface area (Å²) >= 11 is 0. The van der Waals surface area contributed by atoms with Crippen LogP contribution >= 0.6 is 0 Å². The SMILES string of the molecule is COc1ccc(OC)c(NC2=C(c3ccccc3)C(=O)N(C(C)C)C2=O)c1. The highest BCUT2D eigenvalue weighted by Gasteiger charge is 2.40. The summed E-state index contributed by atoms with van der Waals surface area (Å²) in [5, 5.41) is 3.11. The third-order valence-electron chi connectivity index (χ3n) is 4.36. The molecule has 1 aliphatic rings. The van der Waals surface area contributed by atoms with Crippen LogP contribution in [0.4, 0.5) is 5.69 Å². The second-order valence-electron chi connectivity index (χ2n) is 6.38. The van der Waals surface area contributed by atoms with Gasteiger partial charge in [0.25, 0.3) is 11.8 Å². The molecule has 0 fully saturated rings. The van der Waals surface area contributed by atoms with Crippen molar-refractivity contribution in [3.8, 4) is 11.5 Å². The van der Waals surface area contributed by atoms with Crippen LogP contribution < -0.4 is 14.8 Å². The number of nitrogens with zero attached hydrogens (tertiary/aromatic N) is 1. The largest absolute Gasteiger partial charge is 0.497 e. The van der Waals surface area contributed by atoms with Gasteiger partial charge in [-0.15, -0.1) is 0 Å². The van der Waals surface area contributed by atoms with Gasteiger partial charge in [0.1, 0.15) is 17.2 Å². The number of hydrogen-bond acceptors (Lipinski definition) is 5. The number of amides is 2. The summed E-state index contributed by atoms with van der Waals surface area (Å²) in [4.78, 5) is 27.3. The third-order valence-corrected chi connectivity index (χ3v) is 4.36. The van der Waals surface area contributed by atoms with Gasteiger partial charge in [-0.05, 0) is 31.5 Å². The zero-order valence-corrected chi connectivity index (χ0v) is 15.8. The van der Waals surface area contributed by atoms with Crippen LogP contribution in [0.25, 0.3) is 5.57 Å². The molecule has 1 aliphatic heterocycles. The number of hydrogen-bond donors (Lipinski definition) is 1. The molecule has 2 aromatic rings. The predicted octanol–water partition coefficient (Wildman–Crippen LogP) is 3.30. The lowest BCUT2D eigenvalue weighted by Gasteiger charge is -2.19. The van der Waals surface area contributed by atoms with Gasteiger partial charge in [0.15, 0.2) is 0 Å². The van der Waals surface area contributed by atoms with E-state index in [1.165, 1.54) is 4.90 Å². The Morgan fingerprint density at radius 3 is 2.22 bits per heavy atom. The van der Waals surface area contributed by atoms with Gasteiger partial charge in [0.2, 0.25) is 0 Å². The van der Waals surface area contributed by atoms with Crippen molar-refractivity contribution in [2.24, 2.45) is 0 Å². The molecular weight excluding hydrogens is 344 g/mol. The molecule has 0 aliphatic carbocycles. The summed E-state index contributed by atoms with van der Waals surface area (Å²) in [6.45, 7) is 3.63. The van der Waals surface area contributed by atoms with Crippen molar-refractivity contribution in [2.75, 3.05) is 19.5 Å². The Labute approximate surface area is 158 Å². The van der Waals surface area contributed by atoms with Crippen LogP contribution in [0.2, 0.25) is 0 Å². The number of methoxy groups -OCH3 is 2. The second kappa shape index (κ2) is 7.53. The minimum absolute atomic E-state index is 0.228. The smallest absolute Gasteiger partial charge is 0.278 e. The van der Waals surface area contributed by atoms with Crippen LogP contribution in [0.15, 0.2) is 54.2 Å². The van der Waals surface area contributed by atoms with E-state index in [0.717, 1.165) is 0 Å². The zero-order valence-electron chi connectivity index (χ0n) is 15.8. The highest BCUT2D eigenvalue weighted by Crippen LogP contribution is 2.35. The molecule has 1 heterocycles. The van der Waals surface area contributed by atoms with Crippen molar-refractivity contribution in [3.63, 3.8) is 0 Å². The van der Waals surface area contributed by atoms with Gasteiger partial charge < -0.3 is 14.8 Å². The highest BCUT2D eigenvalue weighted by atomic mass is 16.5. The maximum atomic E-state index is 13.0. The summed E-state index contributed by atoms with van der Waals surface area (Å²) in [6, 6.07) is 14.1. The highest BCUT2D eigenvalue weighted by molar-refractivity contribution is 6.36. The normalized spacial score (nSPS) is 14.2. The first-order chi connectivity index (χ1) is 13.0. The fourth-order valence-electron chi connectivity index (χ4n) is 3.05. The number of ether oxygens (including phenoxy) is 2. The molecule has 0 bridgehead atoms. The Morgan fingerprint density at radius 2 is 1.63 bits per heavy atom. The van der Waals surface area contributed by atoms with Gasteiger partial charge in [-0.25, -0.2) is 0 Å². The van der Waals surface area contributed by atoms with E-state index in [9.17, 15) is 9.59 Å². The lowest BCUT2D eigenvalue weighted by Crippen LogP contribution is -2.38. The summed E-state index contributed by atoms with van der Waals surface area (Å²) in [7, 11) is 3.10. The molecule has 0 atom stereocenters. The predicted molar refractivity (Wildman–Crippen MR) is 104 cm³/mol. The molecule has 3 rings (SSSR count). The van der Waals surface area contributed by atoms with Crippen LogP contribution in [0.5, 0.6) is 11.5 Å². The number of anilines is 1. The average molecular weight is 366 g/mol. The number of rotatable bonds is 6. The molecule has 27 heavy (non-hydrogen) atoms. The van der Waals surface area contributed by atoms with Crippen LogP contribution in [0.1, 0.15) is 19.4 Å². The van der Waals surface area contributed by atoms with Gasteiger partial charge >= 0.3 is 0 Å². The Morgan fingerprint density at radius 1 is 0.926 bits per heavy atom. The number of carbonyl (C=O) groups excluding carboxylic acids is 2. The number of imide groups is 1. The van der Waals surface area contributed by atoms with Crippen molar-refractivity contribution in [2.45, 2.75) is 19.9 Å². The van der Waals surface area contributed by atoms with E-state index in [1.807, 2.05) is 44.2 Å². The van der Waals surface area contributed by atoms with E-state index in [-0.39, 0.29) is 23.6 Å². The monoisotopic (exact) mass is 366 g/mol. The van der Waals surface area contributed by atoms with Crippen LogP contribution in [-0.2, 0) is 9.59 Å². The summed E-state index contributed by atoms with van der Waals surface area (Å²) in [6.07, 6.45) is 0. The quantitative estimate of drug-likeness (QED) is 0.795. The molecule has 0 saturated carbocycles. The summed E-state index contributed by atoms with van der Waals surface area (Å²) < 4.78 is 10.6. The molecule has 0 saturated heterocycles. The van der Waals surface area contributed by atoms with Gasteiger partial charge in [-0.3, -0.25) is 14.5 Å². The lowest BCUT2D eigenvalue weighted by molar-refractivity contribution is -0.138. The Kier molecular flexibility index (Phi) is 5.16. The number of nitrogens with one attached hydrogen (secondary N) is 1. The first-order valence-electron chi connectivity index (χ1n) is 8.64. The summed E-state index contributed by atoms with van der Waals surface area (Å²) in [5.74, 6) is 0.473. The molecule has 6 heteroatoms. The fourth-order valence-corrected chi connectivity index (χ4v) is 3.05. The molecule has 0 spiro atoms. The molecule has 0 radical (unpaired) electrons. The first-order valence-corrected chi connectivity index (χ1v) is 8.64. The molecular formula is C21H22N2O4. The molecule has 0 aromatic heterocycles. The second-order valence-corrected chi connectivity index (χ2v) is 6.38. The van der Waals surface area contributed by atoms with Crippen molar-refractivity contribution >= 4 is 23.1 Å². The van der Waals surface area contributed by atoms with E-state index in [2.05, 4.69) is 5.32 Å². The van der Waals surface area contributed by atoms with E-state index < -0.39 is 0 Å². The molecule has 2 amide bonds. The van der Waals surface area contributed by atoms with E-state index >= 15 is 0 Å². The van der Waals surface area contributed by atoms with Gasteiger partial charge in [0, 0.05) is 12.1 Å². The third kappa shape index (κ3) is 3.38. The minimum Gasteiger partial charge on any atom is -0.497 e. The maximum absolute atomic E-state index is 13.0. The Hall–Kier alpha value is -3.28. The minimum atomic E-state index is -0.362. The van der Waals surface area contributed by atoms with E-state index in [4.69, 9.17) is 9.47 Å². The zero-order chi connectivity index (χ0) is 19.6. The van der Waals surface area contributed by atoms with Crippen LogP contribution in [0.3, 0.4) is 0 Å². The summed E-state index contributed by atoms with van der Waals surface area (Å²) in [5.41, 5.74) is 1.81. The fraction of sp³-hybridized carbons (Fsp3) is 0.238. The Balaban J connectivity index is 2.13. The number of carbonyl (C=O) groups is 2. The van der Waals surface area contributed by atoms with Gasteiger partial charge in [-0.1, -0.05) is 30.3 Å². The molecule has 6 nitrogen and oxygen atoms in total. The van der Waals surface area contributed by atoms with Crippen molar-refractivity contribution in [3.05, 3.63) is 59.8 Å². The van der Waals surface area contributed by atoms with Crippen LogP contribution in [0, 0.1) is 0 Å². The number of benzene rings is 2. The molecule has 0 unspecified atom stereocenters. The molecule has 2 aromatic carbocycles. The van der Waals surface area contributed by atoms with E-state index in [1.54, 1.807) is 32.4 Å². The maximum Gasteiger partial charge on any atom is 0.278 e. The van der Waals surface area contributed by atoms with Crippen molar-refractivity contribution < 1.29 is 19.1 Å². The van der Waals surface area contributed by atoms with Gasteiger partial charge in [0.05, 0.1) is 25.5 Å². The van der Waals surface area contributed by atoms with Crippen LogP contribution in [-0.4, -0.2) is 37.0 Å². The van der Waals surface area contributed by atoms with Crippen molar-refractivity contribution in [1.82, 2.24) is 4.90 Å². The van der Waals surface area contributed by atoms with Gasteiger partial charge in [-0.2, -0.15) is 0 Å². The van der Waals surface area contributed by atoms with E-state index in [0.29, 0.717) is 28.3 Å². The average Bonchev–Trinajstić information content (AvgIpc) is 2.92. The molecule has 1 N–H and O–H groups in total. The molecule has 140 valence electrons. The standard InChI is InChI=1S/C21H22N2O4/c1-13(2)23-20(24)18(14-8-6-5-7-9-14)19(21(23)25)22-16-12-15(26-3)10-11-17(16)27-4/h5-13,22H,1-4H3. The lowest BCUT2D eigenvalue weighted by atomic mass is 10.0. The topological polar surface area (TPSA) is 67.9 Å². The first kappa shape index (κ1) is 18.5.